The van der Waals surface area contributed by atoms with Crippen molar-refractivity contribution in [3.8, 4) is 5.75 Å². The zero-order valence-electron chi connectivity index (χ0n) is 16.1. The fourth-order valence-corrected chi connectivity index (χ4v) is 3.43. The van der Waals surface area contributed by atoms with Crippen LogP contribution in [0, 0.1) is 0 Å². The summed E-state index contributed by atoms with van der Waals surface area (Å²) in [6, 6.07) is 22.0. The molecule has 0 aliphatic carbocycles. The molecule has 0 amide bonds. The van der Waals surface area contributed by atoms with Gasteiger partial charge in [-0.25, -0.2) is 4.98 Å². The maximum absolute atomic E-state index is 11.0. The first kappa shape index (κ1) is 18.0. The lowest BCUT2D eigenvalue weighted by Crippen LogP contribution is -2.19. The minimum absolute atomic E-state index is 0.208. The van der Waals surface area contributed by atoms with E-state index in [-0.39, 0.29) is 11.8 Å². The van der Waals surface area contributed by atoms with E-state index < -0.39 is 0 Å². The summed E-state index contributed by atoms with van der Waals surface area (Å²) in [6.07, 6.45) is 3.58. The Bertz CT molecular complexity index is 1080. The molecule has 0 radical (unpaired) electrons. The number of benzene rings is 2. The largest absolute Gasteiger partial charge is 0.505 e. The normalized spacial score (nSPS) is 12.2. The van der Waals surface area contributed by atoms with Crippen molar-refractivity contribution in [2.75, 3.05) is 5.32 Å². The van der Waals surface area contributed by atoms with Crippen LogP contribution >= 0.6 is 0 Å². The Morgan fingerprint density at radius 2 is 1.68 bits per heavy atom. The molecule has 0 bridgehead atoms. The number of nitrogens with zero attached hydrogens (tertiary/aromatic N) is 1. The van der Waals surface area contributed by atoms with Gasteiger partial charge in [0.15, 0.2) is 0 Å². The average Bonchev–Trinajstić information content (AvgIpc) is 2.74. The van der Waals surface area contributed by atoms with E-state index in [0.717, 1.165) is 22.3 Å². The third-order valence-corrected chi connectivity index (χ3v) is 5.04. The highest BCUT2D eigenvalue weighted by molar-refractivity contribution is 5.85. The zero-order chi connectivity index (χ0) is 19.5. The number of aromatic hydroxyl groups is 1. The van der Waals surface area contributed by atoms with Crippen LogP contribution in [-0.2, 0) is 0 Å². The van der Waals surface area contributed by atoms with Gasteiger partial charge in [0.05, 0.1) is 6.20 Å². The Morgan fingerprint density at radius 1 is 0.893 bits per heavy atom. The molecule has 4 heteroatoms. The van der Waals surface area contributed by atoms with Crippen LogP contribution in [0.4, 0.5) is 5.82 Å². The third kappa shape index (κ3) is 3.54. The highest BCUT2D eigenvalue weighted by Gasteiger charge is 2.24. The van der Waals surface area contributed by atoms with Gasteiger partial charge in [0, 0.05) is 28.8 Å². The lowest BCUT2D eigenvalue weighted by molar-refractivity contribution is -0.361. The average molecular weight is 370 g/mol. The number of aromatic nitrogens is 2. The number of pyridine rings is 2. The molecule has 4 nitrogen and oxygen atoms in total. The molecule has 2 aromatic carbocycles. The first-order chi connectivity index (χ1) is 13.6. The van der Waals surface area contributed by atoms with Crippen LogP contribution in [0.1, 0.15) is 42.5 Å². The van der Waals surface area contributed by atoms with Crippen molar-refractivity contribution in [2.24, 2.45) is 0 Å². The first-order valence-electron chi connectivity index (χ1n) is 9.53. The van der Waals surface area contributed by atoms with E-state index in [1.54, 1.807) is 6.20 Å². The van der Waals surface area contributed by atoms with Crippen LogP contribution in [-0.4, -0.2) is 10.1 Å². The first-order valence-corrected chi connectivity index (χ1v) is 9.53. The number of anilines is 1. The second-order valence-corrected chi connectivity index (χ2v) is 7.25. The molecule has 0 aliphatic rings. The van der Waals surface area contributed by atoms with Gasteiger partial charge in [0.25, 0.3) is 5.82 Å². The van der Waals surface area contributed by atoms with Crippen LogP contribution in [0.25, 0.3) is 10.9 Å². The lowest BCUT2D eigenvalue weighted by atomic mass is 9.94. The molecular weight excluding hydrogens is 346 g/mol. The van der Waals surface area contributed by atoms with Gasteiger partial charge in [-0.15, -0.1) is 0 Å². The SMILES string of the molecule is CC(C)c1ccc([C@H](Nc2cccc[nH+]2)c2ccc3cccnc3c2O)cc1. The molecule has 4 rings (SSSR count). The van der Waals surface area contributed by atoms with E-state index in [1.165, 1.54) is 5.56 Å². The van der Waals surface area contributed by atoms with Gasteiger partial charge in [0.2, 0.25) is 0 Å². The molecular formula is C24H24N3O+. The van der Waals surface area contributed by atoms with Crippen LogP contribution in [0.2, 0.25) is 0 Å². The smallest absolute Gasteiger partial charge is 0.272 e. The minimum Gasteiger partial charge on any atom is -0.505 e. The molecule has 0 saturated carbocycles. The number of phenols is 1. The standard InChI is InChI=1S/C24H23N3O/c1-16(2)17-8-10-19(11-9-17)22(27-21-7-3-4-14-25-21)20-13-12-18-6-5-15-26-23(18)24(20)28/h3-16,22,28H,1-2H3,(H,25,27)/p+1/t22-/m0/s1. The van der Waals surface area contributed by atoms with E-state index in [1.807, 2.05) is 48.7 Å². The van der Waals surface area contributed by atoms with Crippen molar-refractivity contribution in [1.82, 2.24) is 4.98 Å². The van der Waals surface area contributed by atoms with Gasteiger partial charge >= 0.3 is 0 Å². The van der Waals surface area contributed by atoms with Gasteiger partial charge in [-0.2, -0.15) is 0 Å². The number of H-pyrrole nitrogens is 1. The number of hydrogen-bond donors (Lipinski definition) is 2. The predicted molar refractivity (Wildman–Crippen MR) is 112 cm³/mol. The zero-order valence-corrected chi connectivity index (χ0v) is 16.1. The minimum atomic E-state index is -0.216. The molecule has 0 fully saturated rings. The number of nitrogens with one attached hydrogen (secondary N) is 2. The Hall–Kier alpha value is -3.40. The molecule has 0 spiro atoms. The van der Waals surface area contributed by atoms with Crippen molar-refractivity contribution in [3.63, 3.8) is 0 Å². The Balaban J connectivity index is 1.82. The van der Waals surface area contributed by atoms with E-state index in [4.69, 9.17) is 0 Å². The highest BCUT2D eigenvalue weighted by Crippen LogP contribution is 2.36. The van der Waals surface area contributed by atoms with Crippen LogP contribution in [0.15, 0.2) is 79.1 Å². The highest BCUT2D eigenvalue weighted by atomic mass is 16.3. The number of rotatable bonds is 5. The fraction of sp³-hybridized carbons (Fsp3) is 0.167. The second kappa shape index (κ2) is 7.69. The van der Waals surface area contributed by atoms with Crippen LogP contribution in [0.5, 0.6) is 5.75 Å². The molecule has 140 valence electrons. The molecule has 2 heterocycles. The summed E-state index contributed by atoms with van der Waals surface area (Å²) in [5.41, 5.74) is 3.77. The van der Waals surface area contributed by atoms with E-state index >= 15 is 0 Å². The summed E-state index contributed by atoms with van der Waals surface area (Å²) in [5, 5.41) is 15.4. The Morgan fingerprint density at radius 3 is 2.39 bits per heavy atom. The van der Waals surface area contributed by atoms with E-state index in [0.29, 0.717) is 11.4 Å². The maximum Gasteiger partial charge on any atom is 0.272 e. The lowest BCUT2D eigenvalue weighted by Gasteiger charge is -2.18. The summed E-state index contributed by atoms with van der Waals surface area (Å²) < 4.78 is 0. The topological polar surface area (TPSA) is 59.3 Å². The third-order valence-electron chi connectivity index (χ3n) is 5.04. The van der Waals surface area contributed by atoms with Crippen molar-refractivity contribution < 1.29 is 10.1 Å². The molecule has 2 aromatic heterocycles. The van der Waals surface area contributed by atoms with Crippen molar-refractivity contribution in [3.05, 3.63) is 95.8 Å². The monoisotopic (exact) mass is 370 g/mol. The van der Waals surface area contributed by atoms with E-state index in [9.17, 15) is 5.11 Å². The summed E-state index contributed by atoms with van der Waals surface area (Å²) in [7, 11) is 0. The molecule has 28 heavy (non-hydrogen) atoms. The molecule has 0 saturated heterocycles. The molecule has 1 atom stereocenters. The van der Waals surface area contributed by atoms with Gasteiger partial charge in [-0.1, -0.05) is 56.3 Å². The fourth-order valence-electron chi connectivity index (χ4n) is 3.43. The second-order valence-electron chi connectivity index (χ2n) is 7.25. The van der Waals surface area contributed by atoms with Gasteiger partial charge in [-0.05, 0) is 29.7 Å². The number of phenolic OH excluding ortho intramolecular Hbond substituents is 1. The number of fused-ring (bicyclic) bond motifs is 1. The summed E-state index contributed by atoms with van der Waals surface area (Å²) in [4.78, 5) is 7.59. The van der Waals surface area contributed by atoms with Crippen molar-refractivity contribution in [1.29, 1.82) is 0 Å². The molecule has 4 aromatic rings. The Kier molecular flexibility index (Phi) is 4.94. The van der Waals surface area contributed by atoms with Crippen molar-refractivity contribution >= 4 is 16.7 Å². The van der Waals surface area contributed by atoms with Gasteiger partial charge in [-0.3, -0.25) is 10.3 Å². The van der Waals surface area contributed by atoms with Gasteiger partial charge < -0.3 is 5.11 Å². The quantitative estimate of drug-likeness (QED) is 0.515. The Labute approximate surface area is 164 Å². The summed E-state index contributed by atoms with van der Waals surface area (Å²) >= 11 is 0. The molecule has 3 N–H and O–H groups in total. The summed E-state index contributed by atoms with van der Waals surface area (Å²) in [5.74, 6) is 1.56. The molecule has 0 aliphatic heterocycles. The number of aromatic amines is 1. The van der Waals surface area contributed by atoms with Crippen LogP contribution < -0.4 is 10.3 Å². The van der Waals surface area contributed by atoms with Gasteiger partial charge in [0.1, 0.15) is 17.3 Å². The predicted octanol–water partition coefficient (Wildman–Crippen LogP) is 5.08. The van der Waals surface area contributed by atoms with Crippen molar-refractivity contribution in [2.45, 2.75) is 25.8 Å². The van der Waals surface area contributed by atoms with E-state index in [2.05, 4.69) is 53.4 Å². The summed E-state index contributed by atoms with van der Waals surface area (Å²) in [6.45, 7) is 4.37. The van der Waals surface area contributed by atoms with Crippen LogP contribution in [0.3, 0.4) is 0 Å². The number of hydrogen-bond acceptors (Lipinski definition) is 3. The maximum atomic E-state index is 11.0. The molecule has 0 unspecified atom stereocenters.